The van der Waals surface area contributed by atoms with Gasteiger partial charge in [-0.05, 0) is 36.4 Å². The summed E-state index contributed by atoms with van der Waals surface area (Å²) in [6, 6.07) is 16.7. The van der Waals surface area contributed by atoms with Crippen LogP contribution in [0, 0.1) is 11.3 Å². The van der Waals surface area contributed by atoms with Crippen LogP contribution in [0.5, 0.6) is 5.75 Å². The van der Waals surface area contributed by atoms with E-state index in [2.05, 4.69) is 0 Å². The van der Waals surface area contributed by atoms with Crippen molar-refractivity contribution in [1.29, 1.82) is 5.26 Å². The molecule has 1 unspecified atom stereocenters. The van der Waals surface area contributed by atoms with Crippen molar-refractivity contribution in [3.05, 3.63) is 76.5 Å². The predicted octanol–water partition coefficient (Wildman–Crippen LogP) is 3.16. The first-order valence-corrected chi connectivity index (χ1v) is 10.2. The van der Waals surface area contributed by atoms with Crippen molar-refractivity contribution in [1.82, 2.24) is 4.90 Å². The van der Waals surface area contributed by atoms with Gasteiger partial charge in [0.05, 0.1) is 29.0 Å². The molecule has 31 heavy (non-hydrogen) atoms. The van der Waals surface area contributed by atoms with Gasteiger partial charge in [0.1, 0.15) is 5.75 Å². The van der Waals surface area contributed by atoms with Gasteiger partial charge in [-0.1, -0.05) is 30.0 Å². The van der Waals surface area contributed by atoms with Gasteiger partial charge < -0.3 is 14.2 Å². The Morgan fingerprint density at radius 3 is 2.42 bits per heavy atom. The van der Waals surface area contributed by atoms with Gasteiger partial charge in [0.25, 0.3) is 0 Å². The fourth-order valence-corrected chi connectivity index (χ4v) is 4.25. The Balaban J connectivity index is 1.48. The first-order valence-electron chi connectivity index (χ1n) is 9.34. The molecular formula is C22H16N2O6S. The Labute approximate surface area is 182 Å². The minimum atomic E-state index is -1.18. The number of ether oxygens (including phenoxy) is 3. The lowest BCUT2D eigenvalue weighted by atomic mass is 10.2. The SMILES string of the molecule is C[C@@H](OC(=O)C1=C(Oc2ccc(C#N)cc2)SC2CC(=O)N12)OC(=O)c1ccccc1. The van der Waals surface area contributed by atoms with Crippen LogP contribution in [0.25, 0.3) is 0 Å². The summed E-state index contributed by atoms with van der Waals surface area (Å²) in [5.41, 5.74) is 0.759. The van der Waals surface area contributed by atoms with Gasteiger partial charge in [-0.25, -0.2) is 9.59 Å². The average molecular weight is 436 g/mol. The molecule has 1 fully saturated rings. The lowest BCUT2D eigenvalue weighted by Gasteiger charge is -2.34. The summed E-state index contributed by atoms with van der Waals surface area (Å²) >= 11 is 1.23. The van der Waals surface area contributed by atoms with Gasteiger partial charge in [0, 0.05) is 6.92 Å². The van der Waals surface area contributed by atoms with Crippen LogP contribution in [0.3, 0.4) is 0 Å². The number of benzene rings is 2. The quantitative estimate of drug-likeness (QED) is 0.386. The fourth-order valence-electron chi connectivity index (χ4n) is 3.01. The topological polar surface area (TPSA) is 106 Å². The molecule has 2 heterocycles. The molecule has 8 nitrogen and oxygen atoms in total. The van der Waals surface area contributed by atoms with Crippen molar-refractivity contribution in [2.45, 2.75) is 25.0 Å². The third-order valence-corrected chi connectivity index (χ3v) is 5.67. The lowest BCUT2D eigenvalue weighted by Crippen LogP contribution is -2.49. The summed E-state index contributed by atoms with van der Waals surface area (Å²) in [5.74, 6) is -1.29. The number of carbonyl (C=O) groups excluding carboxylic acids is 3. The summed E-state index contributed by atoms with van der Waals surface area (Å²) in [6.07, 6.45) is -0.899. The summed E-state index contributed by atoms with van der Waals surface area (Å²) in [4.78, 5) is 38.3. The monoisotopic (exact) mass is 436 g/mol. The highest BCUT2D eigenvalue weighted by atomic mass is 32.2. The number of nitrogens with zero attached hydrogens (tertiary/aromatic N) is 2. The highest BCUT2D eigenvalue weighted by Crippen LogP contribution is 2.47. The minimum Gasteiger partial charge on any atom is -0.448 e. The van der Waals surface area contributed by atoms with Crippen molar-refractivity contribution >= 4 is 29.6 Å². The van der Waals surface area contributed by atoms with Crippen LogP contribution in [0.15, 0.2) is 65.4 Å². The van der Waals surface area contributed by atoms with E-state index in [4.69, 9.17) is 19.5 Å². The van der Waals surface area contributed by atoms with E-state index < -0.39 is 18.2 Å². The van der Waals surface area contributed by atoms with E-state index in [1.165, 1.54) is 23.6 Å². The molecule has 2 aliphatic heterocycles. The normalized spacial score (nSPS) is 17.9. The Morgan fingerprint density at radius 1 is 1.10 bits per heavy atom. The minimum absolute atomic E-state index is 0.0294. The third-order valence-electron chi connectivity index (χ3n) is 4.53. The van der Waals surface area contributed by atoms with Crippen LogP contribution in [0.2, 0.25) is 0 Å². The number of β-lactam (4-membered cyclic amide) rings is 1. The Kier molecular flexibility index (Phi) is 5.64. The van der Waals surface area contributed by atoms with Gasteiger partial charge in [0.15, 0.2) is 10.8 Å². The predicted molar refractivity (Wildman–Crippen MR) is 109 cm³/mol. The van der Waals surface area contributed by atoms with E-state index in [9.17, 15) is 14.4 Å². The number of carbonyl (C=O) groups is 3. The van der Waals surface area contributed by atoms with E-state index in [0.717, 1.165) is 0 Å². The molecule has 2 atom stereocenters. The molecule has 0 aliphatic carbocycles. The molecule has 156 valence electrons. The second-order valence-electron chi connectivity index (χ2n) is 6.66. The summed E-state index contributed by atoms with van der Waals surface area (Å²) in [5, 5.41) is 8.88. The molecule has 2 aromatic rings. The van der Waals surface area contributed by atoms with E-state index in [0.29, 0.717) is 16.9 Å². The molecule has 0 aromatic heterocycles. The Bertz CT molecular complexity index is 1110. The molecule has 1 saturated heterocycles. The summed E-state index contributed by atoms with van der Waals surface area (Å²) < 4.78 is 16.2. The van der Waals surface area contributed by atoms with Crippen molar-refractivity contribution in [3.63, 3.8) is 0 Å². The molecule has 0 radical (unpaired) electrons. The van der Waals surface area contributed by atoms with E-state index in [1.54, 1.807) is 54.6 Å². The second-order valence-corrected chi connectivity index (χ2v) is 7.81. The van der Waals surface area contributed by atoms with Gasteiger partial charge in [0.2, 0.25) is 12.2 Å². The molecule has 1 amide bonds. The number of fused-ring (bicyclic) bond motifs is 1. The molecule has 2 aliphatic rings. The number of esters is 2. The largest absolute Gasteiger partial charge is 0.448 e. The summed E-state index contributed by atoms with van der Waals surface area (Å²) in [7, 11) is 0. The summed E-state index contributed by atoms with van der Waals surface area (Å²) in [6.45, 7) is 1.41. The molecule has 0 N–H and O–H groups in total. The second kappa shape index (κ2) is 8.53. The van der Waals surface area contributed by atoms with Crippen LogP contribution >= 0.6 is 11.8 Å². The molecule has 9 heteroatoms. The number of thioether (sulfide) groups is 1. The van der Waals surface area contributed by atoms with Gasteiger partial charge in [-0.15, -0.1) is 0 Å². The molecule has 0 spiro atoms. The van der Waals surface area contributed by atoms with Crippen molar-refractivity contribution in [2.75, 3.05) is 0 Å². The van der Waals surface area contributed by atoms with Crippen LogP contribution in [-0.2, 0) is 19.1 Å². The molecular weight excluding hydrogens is 420 g/mol. The number of hydrogen-bond acceptors (Lipinski definition) is 8. The van der Waals surface area contributed by atoms with Gasteiger partial charge in [-0.3, -0.25) is 9.69 Å². The number of amides is 1. The fraction of sp³-hybridized carbons (Fsp3) is 0.182. The molecule has 0 saturated carbocycles. The van der Waals surface area contributed by atoms with E-state index in [-0.39, 0.29) is 28.5 Å². The van der Waals surface area contributed by atoms with E-state index >= 15 is 0 Å². The van der Waals surface area contributed by atoms with Gasteiger partial charge in [-0.2, -0.15) is 5.26 Å². The maximum absolute atomic E-state index is 12.8. The smallest absolute Gasteiger partial charge is 0.362 e. The zero-order valence-electron chi connectivity index (χ0n) is 16.3. The highest BCUT2D eigenvalue weighted by Gasteiger charge is 2.50. The molecule has 2 aromatic carbocycles. The maximum atomic E-state index is 12.8. The molecule has 0 bridgehead atoms. The number of nitriles is 1. The van der Waals surface area contributed by atoms with Crippen LogP contribution < -0.4 is 4.74 Å². The molecule has 4 rings (SSSR count). The standard InChI is InChI=1S/C22H16N2O6S/c1-13(28-20(26)15-5-3-2-4-6-15)29-21(27)19-22(31-18-11-17(25)24(18)19)30-16-9-7-14(12-23)8-10-16/h2-10,13,18H,11H2,1H3/t13-,18?/m1/s1. The average Bonchev–Trinajstić information content (AvgIpc) is 3.06. The Hall–Kier alpha value is -3.77. The number of rotatable bonds is 6. The zero-order chi connectivity index (χ0) is 22.0. The third kappa shape index (κ3) is 4.25. The van der Waals surface area contributed by atoms with Crippen LogP contribution in [0.4, 0.5) is 0 Å². The van der Waals surface area contributed by atoms with Crippen molar-refractivity contribution < 1.29 is 28.6 Å². The maximum Gasteiger partial charge on any atom is 0.362 e. The van der Waals surface area contributed by atoms with Crippen LogP contribution in [-0.4, -0.2) is 34.4 Å². The zero-order valence-corrected chi connectivity index (χ0v) is 17.1. The first-order chi connectivity index (χ1) is 15.0. The Morgan fingerprint density at radius 2 is 1.77 bits per heavy atom. The lowest BCUT2D eigenvalue weighted by molar-refractivity contribution is -0.165. The highest BCUT2D eigenvalue weighted by molar-refractivity contribution is 8.03. The van der Waals surface area contributed by atoms with Gasteiger partial charge >= 0.3 is 11.9 Å². The van der Waals surface area contributed by atoms with E-state index in [1.807, 2.05) is 6.07 Å². The number of hydrogen-bond donors (Lipinski definition) is 0. The van der Waals surface area contributed by atoms with Crippen LogP contribution in [0.1, 0.15) is 29.3 Å². The van der Waals surface area contributed by atoms with Crippen molar-refractivity contribution in [2.24, 2.45) is 0 Å². The van der Waals surface area contributed by atoms with Crippen molar-refractivity contribution in [3.8, 4) is 11.8 Å². The first kappa shape index (κ1) is 20.5.